The first-order chi connectivity index (χ1) is 6.27. The van der Waals surface area contributed by atoms with E-state index in [4.69, 9.17) is 4.74 Å². The number of aromatic nitrogens is 1. The third-order valence-corrected chi connectivity index (χ3v) is 2.24. The molecule has 0 radical (unpaired) electrons. The Morgan fingerprint density at radius 2 is 2.23 bits per heavy atom. The molecule has 0 aliphatic rings. The van der Waals surface area contributed by atoms with Crippen molar-refractivity contribution in [3.05, 3.63) is 29.6 Å². The standard InChI is InChI=1S/C11H17NO/c1-4-9(2)11-7-5-6-10(12-11)8-13-3/h5-7,9H,4,8H2,1-3H3. The summed E-state index contributed by atoms with van der Waals surface area (Å²) < 4.78 is 5.03. The summed E-state index contributed by atoms with van der Waals surface area (Å²) in [6.07, 6.45) is 1.13. The van der Waals surface area contributed by atoms with Crippen molar-refractivity contribution in [3.63, 3.8) is 0 Å². The lowest BCUT2D eigenvalue weighted by Crippen LogP contribution is -1.99. The zero-order chi connectivity index (χ0) is 9.68. The van der Waals surface area contributed by atoms with Crippen LogP contribution in [0.5, 0.6) is 0 Å². The molecule has 2 heteroatoms. The number of nitrogens with zero attached hydrogens (tertiary/aromatic N) is 1. The highest BCUT2D eigenvalue weighted by atomic mass is 16.5. The summed E-state index contributed by atoms with van der Waals surface area (Å²) in [5, 5.41) is 0. The van der Waals surface area contributed by atoms with Gasteiger partial charge in [-0.2, -0.15) is 0 Å². The van der Waals surface area contributed by atoms with E-state index in [0.29, 0.717) is 12.5 Å². The minimum Gasteiger partial charge on any atom is -0.378 e. The molecule has 0 aromatic carbocycles. The minimum absolute atomic E-state index is 0.539. The summed E-state index contributed by atoms with van der Waals surface area (Å²) in [7, 11) is 1.69. The highest BCUT2D eigenvalue weighted by Gasteiger charge is 2.04. The van der Waals surface area contributed by atoms with Crippen LogP contribution in [0.3, 0.4) is 0 Å². The van der Waals surface area contributed by atoms with Crippen molar-refractivity contribution in [3.8, 4) is 0 Å². The van der Waals surface area contributed by atoms with Crippen LogP contribution in [0.2, 0.25) is 0 Å². The van der Waals surface area contributed by atoms with Gasteiger partial charge < -0.3 is 4.74 Å². The fourth-order valence-corrected chi connectivity index (χ4v) is 1.21. The Balaban J connectivity index is 2.78. The van der Waals surface area contributed by atoms with Gasteiger partial charge in [0.15, 0.2) is 0 Å². The van der Waals surface area contributed by atoms with Gasteiger partial charge in [-0.1, -0.05) is 19.9 Å². The van der Waals surface area contributed by atoms with Crippen LogP contribution in [0.1, 0.15) is 37.6 Å². The van der Waals surface area contributed by atoms with Gasteiger partial charge >= 0.3 is 0 Å². The normalized spacial score (nSPS) is 12.8. The Morgan fingerprint density at radius 1 is 1.46 bits per heavy atom. The fraction of sp³-hybridized carbons (Fsp3) is 0.545. The number of methoxy groups -OCH3 is 1. The van der Waals surface area contributed by atoms with Crippen molar-refractivity contribution in [2.24, 2.45) is 0 Å². The van der Waals surface area contributed by atoms with Crippen molar-refractivity contribution in [1.29, 1.82) is 0 Å². The molecule has 0 aliphatic heterocycles. The van der Waals surface area contributed by atoms with Crippen molar-refractivity contribution < 1.29 is 4.74 Å². The monoisotopic (exact) mass is 179 g/mol. The summed E-state index contributed by atoms with van der Waals surface area (Å²) in [6, 6.07) is 6.12. The van der Waals surface area contributed by atoms with E-state index in [1.54, 1.807) is 7.11 Å². The molecular formula is C11H17NO. The predicted molar refractivity (Wildman–Crippen MR) is 53.7 cm³/mol. The third-order valence-electron chi connectivity index (χ3n) is 2.24. The second-order valence-electron chi connectivity index (χ2n) is 3.30. The Hall–Kier alpha value is -0.890. The first-order valence-corrected chi connectivity index (χ1v) is 4.72. The Morgan fingerprint density at radius 3 is 2.85 bits per heavy atom. The van der Waals surface area contributed by atoms with Crippen LogP contribution in [0.15, 0.2) is 18.2 Å². The van der Waals surface area contributed by atoms with Crippen molar-refractivity contribution in [1.82, 2.24) is 4.98 Å². The average Bonchev–Trinajstić information content (AvgIpc) is 2.18. The zero-order valence-corrected chi connectivity index (χ0v) is 8.58. The molecule has 0 aliphatic carbocycles. The second-order valence-corrected chi connectivity index (χ2v) is 3.30. The van der Waals surface area contributed by atoms with Gasteiger partial charge in [-0.25, -0.2) is 0 Å². The molecule has 1 rings (SSSR count). The summed E-state index contributed by atoms with van der Waals surface area (Å²) in [5.74, 6) is 0.539. The van der Waals surface area contributed by atoms with E-state index < -0.39 is 0 Å². The highest BCUT2D eigenvalue weighted by molar-refractivity contribution is 5.13. The smallest absolute Gasteiger partial charge is 0.0884 e. The van der Waals surface area contributed by atoms with Crippen molar-refractivity contribution in [2.45, 2.75) is 32.8 Å². The summed E-state index contributed by atoms with van der Waals surface area (Å²) in [6.45, 7) is 4.97. The van der Waals surface area contributed by atoms with Gasteiger partial charge in [0.05, 0.1) is 12.3 Å². The molecule has 1 atom stereocenters. The van der Waals surface area contributed by atoms with Crippen LogP contribution in [-0.2, 0) is 11.3 Å². The molecule has 0 saturated heterocycles. The molecule has 0 spiro atoms. The van der Waals surface area contributed by atoms with Crippen LogP contribution in [0.4, 0.5) is 0 Å². The van der Waals surface area contributed by atoms with Crippen LogP contribution in [0, 0.1) is 0 Å². The summed E-state index contributed by atoms with van der Waals surface area (Å²) in [4.78, 5) is 4.51. The molecule has 72 valence electrons. The molecule has 0 N–H and O–H groups in total. The molecule has 0 amide bonds. The maximum absolute atomic E-state index is 5.03. The lowest BCUT2D eigenvalue weighted by Gasteiger charge is -2.08. The van der Waals surface area contributed by atoms with Crippen molar-refractivity contribution >= 4 is 0 Å². The van der Waals surface area contributed by atoms with E-state index in [-0.39, 0.29) is 0 Å². The Kier molecular flexibility index (Phi) is 3.90. The van der Waals surface area contributed by atoms with Gasteiger partial charge in [0.25, 0.3) is 0 Å². The van der Waals surface area contributed by atoms with E-state index in [2.05, 4.69) is 24.9 Å². The molecule has 0 fully saturated rings. The third kappa shape index (κ3) is 2.81. The number of pyridine rings is 1. The van der Waals surface area contributed by atoms with Gasteiger partial charge in [0, 0.05) is 12.8 Å². The van der Waals surface area contributed by atoms with Crippen molar-refractivity contribution in [2.75, 3.05) is 7.11 Å². The number of hydrogen-bond acceptors (Lipinski definition) is 2. The molecule has 13 heavy (non-hydrogen) atoms. The lowest BCUT2D eigenvalue weighted by atomic mass is 10.0. The van der Waals surface area contributed by atoms with Crippen LogP contribution in [0.25, 0.3) is 0 Å². The summed E-state index contributed by atoms with van der Waals surface area (Å²) >= 11 is 0. The van der Waals surface area contributed by atoms with Gasteiger partial charge in [0.2, 0.25) is 0 Å². The van der Waals surface area contributed by atoms with E-state index in [1.807, 2.05) is 12.1 Å². The van der Waals surface area contributed by atoms with E-state index in [0.717, 1.165) is 17.8 Å². The lowest BCUT2D eigenvalue weighted by molar-refractivity contribution is 0.181. The number of rotatable bonds is 4. The predicted octanol–water partition coefficient (Wildman–Crippen LogP) is 2.74. The fourth-order valence-electron chi connectivity index (χ4n) is 1.21. The summed E-state index contributed by atoms with van der Waals surface area (Å²) in [5.41, 5.74) is 2.18. The first-order valence-electron chi connectivity index (χ1n) is 4.72. The van der Waals surface area contributed by atoms with Gasteiger partial charge in [0.1, 0.15) is 0 Å². The first kappa shape index (κ1) is 10.2. The molecule has 1 unspecified atom stereocenters. The highest BCUT2D eigenvalue weighted by Crippen LogP contribution is 2.16. The van der Waals surface area contributed by atoms with Gasteiger partial charge in [-0.15, -0.1) is 0 Å². The average molecular weight is 179 g/mol. The van der Waals surface area contributed by atoms with Gasteiger partial charge in [-0.05, 0) is 24.5 Å². The molecular weight excluding hydrogens is 162 g/mol. The molecule has 0 saturated carbocycles. The maximum Gasteiger partial charge on any atom is 0.0884 e. The van der Waals surface area contributed by atoms with E-state index in [9.17, 15) is 0 Å². The van der Waals surface area contributed by atoms with Crippen LogP contribution >= 0.6 is 0 Å². The Bertz CT molecular complexity index is 260. The second kappa shape index (κ2) is 4.97. The molecule has 1 aromatic heterocycles. The van der Waals surface area contributed by atoms with Gasteiger partial charge in [-0.3, -0.25) is 4.98 Å². The molecule has 1 aromatic rings. The molecule has 0 bridgehead atoms. The van der Waals surface area contributed by atoms with Crippen LogP contribution < -0.4 is 0 Å². The quantitative estimate of drug-likeness (QED) is 0.709. The SMILES string of the molecule is CCC(C)c1cccc(COC)n1. The maximum atomic E-state index is 5.03. The largest absolute Gasteiger partial charge is 0.378 e. The molecule has 2 nitrogen and oxygen atoms in total. The minimum atomic E-state index is 0.539. The number of hydrogen-bond donors (Lipinski definition) is 0. The number of ether oxygens (including phenoxy) is 1. The van der Waals surface area contributed by atoms with Crippen LogP contribution in [-0.4, -0.2) is 12.1 Å². The van der Waals surface area contributed by atoms with E-state index in [1.165, 1.54) is 0 Å². The topological polar surface area (TPSA) is 22.1 Å². The molecule has 1 heterocycles. The Labute approximate surface area is 80.0 Å². The zero-order valence-electron chi connectivity index (χ0n) is 8.58. The van der Waals surface area contributed by atoms with E-state index >= 15 is 0 Å².